The number of ether oxygens (including phenoxy) is 1. The fourth-order valence-electron chi connectivity index (χ4n) is 4.05. The highest BCUT2D eigenvalue weighted by molar-refractivity contribution is 7.15. The Morgan fingerprint density at radius 1 is 1.31 bits per heavy atom. The van der Waals surface area contributed by atoms with E-state index in [2.05, 4.69) is 10.3 Å². The van der Waals surface area contributed by atoms with Crippen molar-refractivity contribution in [1.29, 1.82) is 0 Å². The molecule has 2 aliphatic carbocycles. The zero-order chi connectivity index (χ0) is 20.4. The summed E-state index contributed by atoms with van der Waals surface area (Å²) in [6.45, 7) is 2.53. The summed E-state index contributed by atoms with van der Waals surface area (Å²) in [5.41, 5.74) is 3.29. The summed E-state index contributed by atoms with van der Waals surface area (Å²) in [5.74, 6) is 0.423. The van der Waals surface area contributed by atoms with Crippen LogP contribution in [0.15, 0.2) is 18.2 Å². The number of thiazole rings is 1. The summed E-state index contributed by atoms with van der Waals surface area (Å²) >= 11 is 1.52. The van der Waals surface area contributed by atoms with Crippen molar-refractivity contribution in [1.82, 2.24) is 4.98 Å². The van der Waals surface area contributed by atoms with Crippen molar-refractivity contribution in [3.8, 4) is 5.75 Å². The Morgan fingerprint density at radius 3 is 2.86 bits per heavy atom. The van der Waals surface area contributed by atoms with Gasteiger partial charge in [0.2, 0.25) is 5.91 Å². The number of carboxylic acids is 1. The minimum Gasteiger partial charge on any atom is -0.493 e. The van der Waals surface area contributed by atoms with E-state index in [0.29, 0.717) is 18.2 Å². The van der Waals surface area contributed by atoms with Crippen LogP contribution in [0.4, 0.5) is 5.13 Å². The molecule has 1 atom stereocenters. The molecule has 1 fully saturated rings. The van der Waals surface area contributed by atoms with Crippen molar-refractivity contribution < 1.29 is 19.4 Å². The lowest BCUT2D eigenvalue weighted by atomic mass is 9.85. The van der Waals surface area contributed by atoms with Crippen LogP contribution >= 0.6 is 11.3 Å². The van der Waals surface area contributed by atoms with E-state index >= 15 is 0 Å². The van der Waals surface area contributed by atoms with E-state index < -0.39 is 5.97 Å². The maximum Gasteiger partial charge on any atom is 0.303 e. The molecule has 1 aromatic carbocycles. The molecule has 1 amide bonds. The molecule has 0 spiro atoms. The second kappa shape index (κ2) is 8.53. The van der Waals surface area contributed by atoms with Gasteiger partial charge in [-0.25, -0.2) is 4.98 Å². The van der Waals surface area contributed by atoms with Gasteiger partial charge in [0, 0.05) is 17.2 Å². The Bertz CT molecular complexity index is 920. The molecule has 1 saturated carbocycles. The fourth-order valence-corrected chi connectivity index (χ4v) is 4.91. The zero-order valence-electron chi connectivity index (χ0n) is 16.6. The van der Waals surface area contributed by atoms with Crippen LogP contribution in [0.25, 0.3) is 0 Å². The number of fused-ring (bicyclic) bond motifs is 1. The molecule has 0 bridgehead atoms. The molecule has 154 valence electrons. The van der Waals surface area contributed by atoms with Crippen molar-refractivity contribution >= 4 is 28.3 Å². The van der Waals surface area contributed by atoms with Gasteiger partial charge < -0.3 is 15.2 Å². The molecule has 2 aromatic rings. The number of aryl methyl sites for hydroxylation is 2. The molecule has 0 unspecified atom stereocenters. The second-order valence-electron chi connectivity index (χ2n) is 7.93. The predicted octanol–water partition coefficient (Wildman–Crippen LogP) is 4.32. The molecule has 1 aromatic heterocycles. The molecule has 1 heterocycles. The van der Waals surface area contributed by atoms with Crippen molar-refractivity contribution in [3.63, 3.8) is 0 Å². The first-order valence-electron chi connectivity index (χ1n) is 10.2. The number of hydrogen-bond donors (Lipinski definition) is 2. The van der Waals surface area contributed by atoms with Gasteiger partial charge in [-0.05, 0) is 61.8 Å². The highest BCUT2D eigenvalue weighted by atomic mass is 32.1. The topological polar surface area (TPSA) is 88.5 Å². The lowest BCUT2D eigenvalue weighted by Crippen LogP contribution is -2.27. The van der Waals surface area contributed by atoms with E-state index in [0.717, 1.165) is 54.0 Å². The number of anilines is 1. The SMILES string of the molecule is Cc1sc(NC(=O)C2CCC2)nc1CCOc1ccc2c(c1)CC[C@H]2CC(=O)O. The normalized spacial score (nSPS) is 18.2. The maximum absolute atomic E-state index is 12.1. The Morgan fingerprint density at radius 2 is 2.14 bits per heavy atom. The summed E-state index contributed by atoms with van der Waals surface area (Å²) < 4.78 is 5.92. The zero-order valence-corrected chi connectivity index (χ0v) is 17.4. The Labute approximate surface area is 174 Å². The van der Waals surface area contributed by atoms with Gasteiger partial charge in [0.05, 0.1) is 18.7 Å². The van der Waals surface area contributed by atoms with Gasteiger partial charge in [-0.2, -0.15) is 0 Å². The van der Waals surface area contributed by atoms with E-state index in [1.165, 1.54) is 16.9 Å². The van der Waals surface area contributed by atoms with Gasteiger partial charge in [0.1, 0.15) is 5.75 Å². The second-order valence-corrected chi connectivity index (χ2v) is 9.13. The van der Waals surface area contributed by atoms with Crippen molar-refractivity contribution in [2.24, 2.45) is 5.92 Å². The molecule has 29 heavy (non-hydrogen) atoms. The quantitative estimate of drug-likeness (QED) is 0.672. The van der Waals surface area contributed by atoms with Gasteiger partial charge in [0.25, 0.3) is 0 Å². The number of amides is 1. The Balaban J connectivity index is 1.30. The molecule has 6 nitrogen and oxygen atoms in total. The number of nitrogens with one attached hydrogen (secondary N) is 1. The number of aliphatic carboxylic acids is 1. The molecule has 0 aliphatic heterocycles. The lowest BCUT2D eigenvalue weighted by molar-refractivity contribution is -0.137. The number of rotatable bonds is 8. The number of benzene rings is 1. The molecular weight excluding hydrogens is 388 g/mol. The first kappa shape index (κ1) is 19.9. The van der Waals surface area contributed by atoms with E-state index in [1.54, 1.807) is 0 Å². The molecule has 2 aliphatic rings. The third-order valence-electron chi connectivity index (χ3n) is 5.94. The van der Waals surface area contributed by atoms with Gasteiger partial charge in [-0.1, -0.05) is 12.5 Å². The number of carbonyl (C=O) groups excluding carboxylic acids is 1. The van der Waals surface area contributed by atoms with Crippen LogP contribution in [0, 0.1) is 12.8 Å². The summed E-state index contributed by atoms with van der Waals surface area (Å²) in [6, 6.07) is 5.97. The molecular formula is C22H26N2O4S. The largest absolute Gasteiger partial charge is 0.493 e. The summed E-state index contributed by atoms with van der Waals surface area (Å²) in [5, 5.41) is 12.7. The first-order chi connectivity index (χ1) is 14.0. The molecule has 4 rings (SSSR count). The highest BCUT2D eigenvalue weighted by Crippen LogP contribution is 2.37. The summed E-state index contributed by atoms with van der Waals surface area (Å²) in [4.78, 5) is 28.8. The van der Waals surface area contributed by atoms with Crippen LogP contribution < -0.4 is 10.1 Å². The lowest BCUT2D eigenvalue weighted by Gasteiger charge is -2.23. The van der Waals surface area contributed by atoms with Crippen molar-refractivity contribution in [3.05, 3.63) is 39.9 Å². The number of nitrogens with zero attached hydrogens (tertiary/aromatic N) is 1. The van der Waals surface area contributed by atoms with Crippen molar-refractivity contribution in [2.45, 2.75) is 57.8 Å². The number of hydrogen-bond acceptors (Lipinski definition) is 5. The monoisotopic (exact) mass is 414 g/mol. The van der Waals surface area contributed by atoms with Gasteiger partial charge in [-0.3, -0.25) is 9.59 Å². The highest BCUT2D eigenvalue weighted by Gasteiger charge is 2.26. The first-order valence-corrected chi connectivity index (χ1v) is 11.1. The average Bonchev–Trinajstić information content (AvgIpc) is 3.16. The van der Waals surface area contributed by atoms with Crippen LogP contribution in [-0.2, 0) is 22.4 Å². The average molecular weight is 415 g/mol. The van der Waals surface area contributed by atoms with E-state index in [-0.39, 0.29) is 24.2 Å². The standard InChI is InChI=1S/C22H26N2O4S/c1-13-19(23-22(29-13)24-21(27)14-3-2-4-14)9-10-28-17-7-8-18-15(11-17)5-6-16(18)12-20(25)26/h7-8,11,14,16H,2-6,9-10,12H2,1H3,(H,25,26)(H,23,24,27)/t16-/m0/s1. The van der Waals surface area contributed by atoms with Crippen LogP contribution in [0.5, 0.6) is 5.75 Å². The van der Waals surface area contributed by atoms with Crippen LogP contribution in [-0.4, -0.2) is 28.6 Å². The van der Waals surface area contributed by atoms with E-state index in [9.17, 15) is 9.59 Å². The molecule has 7 heteroatoms. The maximum atomic E-state index is 12.1. The minimum atomic E-state index is -0.745. The third-order valence-corrected chi connectivity index (χ3v) is 6.87. The molecule has 2 N–H and O–H groups in total. The molecule has 0 saturated heterocycles. The number of carbonyl (C=O) groups is 2. The predicted molar refractivity (Wildman–Crippen MR) is 112 cm³/mol. The van der Waals surface area contributed by atoms with Gasteiger partial charge in [-0.15, -0.1) is 11.3 Å². The van der Waals surface area contributed by atoms with Crippen molar-refractivity contribution in [2.75, 3.05) is 11.9 Å². The number of aromatic nitrogens is 1. The van der Waals surface area contributed by atoms with Crippen LogP contribution in [0.2, 0.25) is 0 Å². The van der Waals surface area contributed by atoms with Gasteiger partial charge >= 0.3 is 5.97 Å². The van der Waals surface area contributed by atoms with Gasteiger partial charge in [0.15, 0.2) is 5.13 Å². The van der Waals surface area contributed by atoms with Crippen LogP contribution in [0.1, 0.15) is 59.7 Å². The minimum absolute atomic E-state index is 0.0899. The Kier molecular flexibility index (Phi) is 5.85. The van der Waals surface area contributed by atoms with E-state index in [1.807, 2.05) is 25.1 Å². The third kappa shape index (κ3) is 4.61. The Hall–Kier alpha value is -2.41. The van der Waals surface area contributed by atoms with Crippen LogP contribution in [0.3, 0.4) is 0 Å². The summed E-state index contributed by atoms with van der Waals surface area (Å²) in [6.07, 6.45) is 5.76. The number of carboxylic acid groups (broad SMARTS) is 1. The molecule has 0 radical (unpaired) electrons. The smallest absolute Gasteiger partial charge is 0.303 e. The fraction of sp³-hybridized carbons (Fsp3) is 0.500. The van der Waals surface area contributed by atoms with E-state index in [4.69, 9.17) is 9.84 Å². The summed E-state index contributed by atoms with van der Waals surface area (Å²) in [7, 11) is 0.